The number of nitrogens with zero attached hydrogens (tertiary/aromatic N) is 1. The minimum Gasteiger partial charge on any atom is -0.312 e. The highest BCUT2D eigenvalue weighted by Crippen LogP contribution is 2.28. The number of carbonyl (C=O) groups is 3. The third-order valence-electron chi connectivity index (χ3n) is 3.45. The maximum Gasteiger partial charge on any atom is 0.259 e. The average molecular weight is 279 g/mol. The van der Waals surface area contributed by atoms with Gasteiger partial charge in [0.25, 0.3) is 11.8 Å². The van der Waals surface area contributed by atoms with Gasteiger partial charge in [-0.15, -0.1) is 11.6 Å². The van der Waals surface area contributed by atoms with Crippen molar-refractivity contribution in [2.75, 3.05) is 17.3 Å². The summed E-state index contributed by atoms with van der Waals surface area (Å²) in [6.45, 7) is 0.552. The number of imide groups is 1. The van der Waals surface area contributed by atoms with E-state index in [1.807, 2.05) is 0 Å². The van der Waals surface area contributed by atoms with Crippen molar-refractivity contribution in [3.8, 4) is 0 Å². The Morgan fingerprint density at radius 1 is 1.21 bits per heavy atom. The van der Waals surface area contributed by atoms with Crippen molar-refractivity contribution < 1.29 is 14.4 Å². The van der Waals surface area contributed by atoms with Gasteiger partial charge in [0.15, 0.2) is 0 Å². The first-order valence-corrected chi connectivity index (χ1v) is 6.49. The summed E-state index contributed by atoms with van der Waals surface area (Å²) in [4.78, 5) is 36.5. The number of fused-ring (bicyclic) bond motifs is 1. The Labute approximate surface area is 114 Å². The number of carbonyl (C=O) groups excluding carboxylic acids is 3. The molecule has 2 aliphatic rings. The van der Waals surface area contributed by atoms with Gasteiger partial charge in [-0.1, -0.05) is 0 Å². The zero-order valence-corrected chi connectivity index (χ0v) is 10.7. The quantitative estimate of drug-likeness (QED) is 0.652. The lowest BCUT2D eigenvalue weighted by molar-refractivity contribution is -0.117. The number of alkyl halides is 1. The topological polar surface area (TPSA) is 66.5 Å². The van der Waals surface area contributed by atoms with Gasteiger partial charge < -0.3 is 4.90 Å². The Balaban J connectivity index is 1.96. The first-order chi connectivity index (χ1) is 9.10. The maximum absolute atomic E-state index is 11.9. The first-order valence-electron chi connectivity index (χ1n) is 5.96. The predicted molar refractivity (Wildman–Crippen MR) is 69.4 cm³/mol. The number of amides is 3. The van der Waals surface area contributed by atoms with Crippen LogP contribution in [0, 0.1) is 5.92 Å². The molecule has 1 aromatic carbocycles. The maximum atomic E-state index is 11.9. The molecular weight excluding hydrogens is 268 g/mol. The highest BCUT2D eigenvalue weighted by Gasteiger charge is 2.32. The lowest BCUT2D eigenvalue weighted by atomic mass is 10.1. The van der Waals surface area contributed by atoms with Crippen LogP contribution in [0.5, 0.6) is 0 Å². The third-order valence-corrected chi connectivity index (χ3v) is 3.89. The summed E-state index contributed by atoms with van der Waals surface area (Å²) in [7, 11) is 0. The van der Waals surface area contributed by atoms with Gasteiger partial charge in [0.05, 0.1) is 11.1 Å². The van der Waals surface area contributed by atoms with Crippen LogP contribution in [-0.4, -0.2) is 30.1 Å². The Kier molecular flexibility index (Phi) is 2.78. The summed E-state index contributed by atoms with van der Waals surface area (Å²) >= 11 is 5.77. The second kappa shape index (κ2) is 4.35. The molecule has 0 saturated carbocycles. The highest BCUT2D eigenvalue weighted by atomic mass is 35.5. The molecule has 1 aromatic rings. The second-order valence-corrected chi connectivity index (χ2v) is 5.05. The van der Waals surface area contributed by atoms with Crippen LogP contribution in [0.3, 0.4) is 0 Å². The number of benzene rings is 1. The summed E-state index contributed by atoms with van der Waals surface area (Å²) in [5.74, 6) is -0.236. The van der Waals surface area contributed by atoms with Crippen molar-refractivity contribution >= 4 is 35.0 Å². The molecule has 3 rings (SSSR count). The van der Waals surface area contributed by atoms with Crippen LogP contribution >= 0.6 is 11.6 Å². The molecule has 1 unspecified atom stereocenters. The van der Waals surface area contributed by atoms with Crippen LogP contribution in [0.4, 0.5) is 5.69 Å². The van der Waals surface area contributed by atoms with Crippen LogP contribution in [0.25, 0.3) is 0 Å². The molecule has 3 amide bonds. The zero-order valence-electron chi connectivity index (χ0n) is 9.98. The molecule has 0 aromatic heterocycles. The van der Waals surface area contributed by atoms with Crippen LogP contribution < -0.4 is 10.2 Å². The molecule has 1 fully saturated rings. The van der Waals surface area contributed by atoms with Gasteiger partial charge in [0.1, 0.15) is 0 Å². The van der Waals surface area contributed by atoms with Gasteiger partial charge in [-0.3, -0.25) is 19.7 Å². The Morgan fingerprint density at radius 3 is 2.63 bits per heavy atom. The summed E-state index contributed by atoms with van der Waals surface area (Å²) in [6.07, 6.45) is 0.422. The Hall–Kier alpha value is -1.88. The van der Waals surface area contributed by atoms with Gasteiger partial charge in [-0.05, 0) is 24.1 Å². The van der Waals surface area contributed by atoms with Gasteiger partial charge >= 0.3 is 0 Å². The van der Waals surface area contributed by atoms with E-state index in [0.29, 0.717) is 35.7 Å². The van der Waals surface area contributed by atoms with Crippen LogP contribution in [-0.2, 0) is 4.79 Å². The summed E-state index contributed by atoms with van der Waals surface area (Å²) in [5, 5.41) is 2.23. The number of hydrogen-bond acceptors (Lipinski definition) is 3. The third kappa shape index (κ3) is 1.90. The highest BCUT2D eigenvalue weighted by molar-refractivity contribution is 6.22. The number of anilines is 1. The lowest BCUT2D eigenvalue weighted by Gasteiger charge is -2.16. The van der Waals surface area contributed by atoms with Crippen molar-refractivity contribution in [3.63, 3.8) is 0 Å². The van der Waals surface area contributed by atoms with Gasteiger partial charge in [-0.2, -0.15) is 0 Å². The molecule has 0 radical (unpaired) electrons. The van der Waals surface area contributed by atoms with E-state index in [-0.39, 0.29) is 11.8 Å². The van der Waals surface area contributed by atoms with Crippen molar-refractivity contribution in [2.24, 2.45) is 5.92 Å². The second-order valence-electron chi connectivity index (χ2n) is 4.74. The van der Waals surface area contributed by atoms with Crippen LogP contribution in [0.1, 0.15) is 27.1 Å². The zero-order chi connectivity index (χ0) is 13.6. The summed E-state index contributed by atoms with van der Waals surface area (Å²) < 4.78 is 0. The summed E-state index contributed by atoms with van der Waals surface area (Å²) in [5.41, 5.74) is 1.32. The first kappa shape index (κ1) is 12.2. The molecule has 1 saturated heterocycles. The summed E-state index contributed by atoms with van der Waals surface area (Å²) in [6, 6.07) is 4.85. The van der Waals surface area contributed by atoms with Gasteiger partial charge in [0, 0.05) is 24.5 Å². The van der Waals surface area contributed by atoms with E-state index in [4.69, 9.17) is 11.6 Å². The SMILES string of the molecule is O=C1NC(=O)c2cc(N3CC(CCl)CC3=O)ccc21. The van der Waals surface area contributed by atoms with Gasteiger partial charge in [0.2, 0.25) is 5.91 Å². The smallest absolute Gasteiger partial charge is 0.259 e. The fraction of sp³-hybridized carbons (Fsp3) is 0.308. The van der Waals surface area contributed by atoms with Gasteiger partial charge in [-0.25, -0.2) is 0 Å². The monoisotopic (exact) mass is 278 g/mol. The van der Waals surface area contributed by atoms with Crippen molar-refractivity contribution in [2.45, 2.75) is 6.42 Å². The number of halogens is 1. The van der Waals surface area contributed by atoms with Crippen molar-refractivity contribution in [1.29, 1.82) is 0 Å². The standard InChI is InChI=1S/C13H11ClN2O3/c14-5-7-3-11(17)16(6-7)8-1-2-9-10(4-8)13(19)15-12(9)18/h1-2,4,7H,3,5-6H2,(H,15,18,19). The minimum atomic E-state index is -0.414. The fourth-order valence-electron chi connectivity index (χ4n) is 2.46. The normalized spacial score (nSPS) is 21.8. The van der Waals surface area contributed by atoms with E-state index in [0.717, 1.165) is 0 Å². The lowest BCUT2D eigenvalue weighted by Crippen LogP contribution is -2.25. The molecule has 0 spiro atoms. The Bertz CT molecular complexity index is 600. The molecule has 19 heavy (non-hydrogen) atoms. The molecular formula is C13H11ClN2O3. The van der Waals surface area contributed by atoms with E-state index < -0.39 is 11.8 Å². The largest absolute Gasteiger partial charge is 0.312 e. The van der Waals surface area contributed by atoms with E-state index in [2.05, 4.69) is 5.32 Å². The van der Waals surface area contributed by atoms with E-state index in [9.17, 15) is 14.4 Å². The Morgan fingerprint density at radius 2 is 1.95 bits per heavy atom. The molecule has 0 aliphatic carbocycles. The number of rotatable bonds is 2. The predicted octanol–water partition coefficient (Wildman–Crippen LogP) is 1.16. The van der Waals surface area contributed by atoms with Crippen molar-refractivity contribution in [1.82, 2.24) is 5.32 Å². The van der Waals surface area contributed by atoms with E-state index in [1.165, 1.54) is 0 Å². The van der Waals surface area contributed by atoms with E-state index in [1.54, 1.807) is 23.1 Å². The molecule has 1 N–H and O–H groups in total. The molecule has 2 heterocycles. The fourth-order valence-corrected chi connectivity index (χ4v) is 2.66. The number of nitrogens with one attached hydrogen (secondary N) is 1. The molecule has 0 bridgehead atoms. The molecule has 98 valence electrons. The molecule has 5 nitrogen and oxygen atoms in total. The minimum absolute atomic E-state index is 0.00432. The van der Waals surface area contributed by atoms with Crippen molar-refractivity contribution in [3.05, 3.63) is 29.3 Å². The van der Waals surface area contributed by atoms with Crippen LogP contribution in [0.15, 0.2) is 18.2 Å². The average Bonchev–Trinajstić information content (AvgIpc) is 2.91. The van der Waals surface area contributed by atoms with E-state index >= 15 is 0 Å². The molecule has 6 heteroatoms. The van der Waals surface area contributed by atoms with Crippen LogP contribution in [0.2, 0.25) is 0 Å². The molecule has 2 aliphatic heterocycles. The number of hydrogen-bond donors (Lipinski definition) is 1. The molecule has 1 atom stereocenters.